The molecule has 5 heteroatoms. The lowest BCUT2D eigenvalue weighted by atomic mass is 10.1. The van der Waals surface area contributed by atoms with Crippen LogP contribution in [0.4, 0.5) is 0 Å². The van der Waals surface area contributed by atoms with Gasteiger partial charge in [0.05, 0.1) is 0 Å². The lowest BCUT2D eigenvalue weighted by molar-refractivity contribution is 0.0690. The predicted octanol–water partition coefficient (Wildman–Crippen LogP) is 1.18. The number of nitrogens with zero attached hydrogens (tertiary/aromatic N) is 3. The molecule has 0 radical (unpaired) electrons. The second-order valence-electron chi connectivity index (χ2n) is 3.11. The first-order valence-corrected chi connectivity index (χ1v) is 4.36. The standard InChI is InChI=1S/C10H9N3O2/c1-13-6-8(9(12-13)10(14)15)7-2-4-11-5-3-7/h2-6H,1H3,(H,14,15). The van der Waals surface area contributed by atoms with Gasteiger partial charge >= 0.3 is 5.97 Å². The van der Waals surface area contributed by atoms with Crippen molar-refractivity contribution in [3.8, 4) is 11.1 Å². The third-order valence-corrected chi connectivity index (χ3v) is 2.02. The summed E-state index contributed by atoms with van der Waals surface area (Å²) in [7, 11) is 1.69. The maximum Gasteiger partial charge on any atom is 0.357 e. The van der Waals surface area contributed by atoms with Crippen LogP contribution in [-0.4, -0.2) is 25.8 Å². The minimum absolute atomic E-state index is 0.0590. The van der Waals surface area contributed by atoms with Gasteiger partial charge in [-0.1, -0.05) is 0 Å². The van der Waals surface area contributed by atoms with Crippen LogP contribution in [0.1, 0.15) is 10.5 Å². The van der Waals surface area contributed by atoms with E-state index < -0.39 is 5.97 Å². The number of aromatic carboxylic acids is 1. The monoisotopic (exact) mass is 203 g/mol. The third-order valence-electron chi connectivity index (χ3n) is 2.02. The van der Waals surface area contributed by atoms with Gasteiger partial charge in [-0.3, -0.25) is 9.67 Å². The summed E-state index contributed by atoms with van der Waals surface area (Å²) in [5, 5.41) is 12.8. The zero-order valence-corrected chi connectivity index (χ0v) is 8.08. The number of rotatable bonds is 2. The van der Waals surface area contributed by atoms with E-state index >= 15 is 0 Å². The zero-order chi connectivity index (χ0) is 10.8. The van der Waals surface area contributed by atoms with Crippen LogP contribution in [0.5, 0.6) is 0 Å². The first-order valence-electron chi connectivity index (χ1n) is 4.36. The number of hydrogen-bond acceptors (Lipinski definition) is 3. The van der Waals surface area contributed by atoms with Crippen molar-refractivity contribution in [2.75, 3.05) is 0 Å². The summed E-state index contributed by atoms with van der Waals surface area (Å²) in [5.41, 5.74) is 1.46. The molecule has 0 amide bonds. The molecule has 0 spiro atoms. The van der Waals surface area contributed by atoms with E-state index in [9.17, 15) is 4.79 Å². The summed E-state index contributed by atoms with van der Waals surface area (Å²) in [4.78, 5) is 14.8. The average molecular weight is 203 g/mol. The number of aromatic nitrogens is 3. The van der Waals surface area contributed by atoms with Crippen molar-refractivity contribution in [3.05, 3.63) is 36.4 Å². The molecule has 0 aliphatic rings. The molecule has 0 aliphatic carbocycles. The second kappa shape index (κ2) is 3.53. The average Bonchev–Trinajstić information content (AvgIpc) is 2.62. The van der Waals surface area contributed by atoms with Gasteiger partial charge in [0, 0.05) is 31.2 Å². The summed E-state index contributed by atoms with van der Waals surface area (Å²) >= 11 is 0. The van der Waals surface area contributed by atoms with Gasteiger partial charge in [-0.15, -0.1) is 0 Å². The van der Waals surface area contributed by atoms with Gasteiger partial charge in [0.25, 0.3) is 0 Å². The molecule has 15 heavy (non-hydrogen) atoms. The number of carboxylic acids is 1. The van der Waals surface area contributed by atoms with E-state index in [-0.39, 0.29) is 5.69 Å². The van der Waals surface area contributed by atoms with Crippen LogP contribution >= 0.6 is 0 Å². The summed E-state index contributed by atoms with van der Waals surface area (Å²) in [6.07, 6.45) is 4.92. The highest BCUT2D eigenvalue weighted by Crippen LogP contribution is 2.21. The van der Waals surface area contributed by atoms with Crippen LogP contribution in [0.3, 0.4) is 0 Å². The van der Waals surface area contributed by atoms with Gasteiger partial charge < -0.3 is 5.11 Å². The van der Waals surface area contributed by atoms with E-state index in [0.29, 0.717) is 5.56 Å². The molecule has 0 bridgehead atoms. The molecule has 2 heterocycles. The van der Waals surface area contributed by atoms with E-state index in [2.05, 4.69) is 10.1 Å². The van der Waals surface area contributed by atoms with Crippen molar-refractivity contribution in [3.63, 3.8) is 0 Å². The molecule has 2 rings (SSSR count). The van der Waals surface area contributed by atoms with E-state index in [4.69, 9.17) is 5.11 Å². The van der Waals surface area contributed by atoms with E-state index in [1.807, 2.05) is 0 Å². The minimum Gasteiger partial charge on any atom is -0.476 e. The molecular formula is C10H9N3O2. The fourth-order valence-corrected chi connectivity index (χ4v) is 1.39. The van der Waals surface area contributed by atoms with Gasteiger partial charge in [0.2, 0.25) is 0 Å². The molecule has 5 nitrogen and oxygen atoms in total. The fraction of sp³-hybridized carbons (Fsp3) is 0.100. The number of hydrogen-bond donors (Lipinski definition) is 1. The Bertz CT molecular complexity index is 491. The Hall–Kier alpha value is -2.17. The molecule has 76 valence electrons. The molecular weight excluding hydrogens is 194 g/mol. The molecule has 1 N–H and O–H groups in total. The Kier molecular flexibility index (Phi) is 2.21. The summed E-state index contributed by atoms with van der Waals surface area (Å²) in [5.74, 6) is -1.03. The number of aryl methyl sites for hydroxylation is 1. The van der Waals surface area contributed by atoms with Gasteiger partial charge in [-0.05, 0) is 17.7 Å². The number of pyridine rings is 1. The smallest absolute Gasteiger partial charge is 0.357 e. The predicted molar refractivity (Wildman–Crippen MR) is 53.4 cm³/mol. The Labute approximate surface area is 86.0 Å². The lowest BCUT2D eigenvalue weighted by Gasteiger charge is -1.96. The Balaban J connectivity index is 2.58. The van der Waals surface area contributed by atoms with Crippen LogP contribution in [0, 0.1) is 0 Å². The maximum absolute atomic E-state index is 10.9. The highest BCUT2D eigenvalue weighted by atomic mass is 16.4. The third kappa shape index (κ3) is 1.71. The quantitative estimate of drug-likeness (QED) is 0.795. The van der Waals surface area contributed by atoms with Crippen molar-refractivity contribution in [2.45, 2.75) is 0 Å². The van der Waals surface area contributed by atoms with Crippen LogP contribution < -0.4 is 0 Å². The fourth-order valence-electron chi connectivity index (χ4n) is 1.39. The normalized spacial score (nSPS) is 10.2. The Morgan fingerprint density at radius 1 is 1.40 bits per heavy atom. The largest absolute Gasteiger partial charge is 0.476 e. The molecule has 0 atom stereocenters. The van der Waals surface area contributed by atoms with Crippen LogP contribution in [-0.2, 0) is 7.05 Å². The van der Waals surface area contributed by atoms with Crippen LogP contribution in [0.2, 0.25) is 0 Å². The van der Waals surface area contributed by atoms with E-state index in [1.165, 1.54) is 4.68 Å². The number of carboxylic acid groups (broad SMARTS) is 1. The van der Waals surface area contributed by atoms with Crippen LogP contribution in [0.15, 0.2) is 30.7 Å². The summed E-state index contributed by atoms with van der Waals surface area (Å²) in [6.45, 7) is 0. The minimum atomic E-state index is -1.03. The van der Waals surface area contributed by atoms with Crippen molar-refractivity contribution < 1.29 is 9.90 Å². The van der Waals surface area contributed by atoms with Gasteiger partial charge in [-0.2, -0.15) is 5.10 Å². The number of carbonyl (C=O) groups is 1. The van der Waals surface area contributed by atoms with Gasteiger partial charge in [-0.25, -0.2) is 4.79 Å². The SMILES string of the molecule is Cn1cc(-c2ccncc2)c(C(=O)O)n1. The Morgan fingerprint density at radius 3 is 2.67 bits per heavy atom. The van der Waals surface area contributed by atoms with Gasteiger partial charge in [0.15, 0.2) is 5.69 Å². The topological polar surface area (TPSA) is 68.0 Å². The highest BCUT2D eigenvalue weighted by Gasteiger charge is 2.15. The van der Waals surface area contributed by atoms with Crippen molar-refractivity contribution in [2.24, 2.45) is 7.05 Å². The molecule has 0 unspecified atom stereocenters. The molecule has 0 fully saturated rings. The molecule has 0 aliphatic heterocycles. The van der Waals surface area contributed by atoms with Gasteiger partial charge in [0.1, 0.15) is 0 Å². The maximum atomic E-state index is 10.9. The molecule has 2 aromatic heterocycles. The van der Waals surface area contributed by atoms with Crippen molar-refractivity contribution in [1.29, 1.82) is 0 Å². The van der Waals surface area contributed by atoms with Crippen LogP contribution in [0.25, 0.3) is 11.1 Å². The Morgan fingerprint density at radius 2 is 2.07 bits per heavy atom. The van der Waals surface area contributed by atoms with E-state index in [0.717, 1.165) is 5.56 Å². The molecule has 0 aromatic carbocycles. The zero-order valence-electron chi connectivity index (χ0n) is 8.08. The molecule has 2 aromatic rings. The van der Waals surface area contributed by atoms with E-state index in [1.54, 1.807) is 37.8 Å². The molecule has 0 saturated heterocycles. The highest BCUT2D eigenvalue weighted by molar-refractivity contribution is 5.93. The summed E-state index contributed by atoms with van der Waals surface area (Å²) < 4.78 is 1.49. The lowest BCUT2D eigenvalue weighted by Crippen LogP contribution is -2.00. The summed E-state index contributed by atoms with van der Waals surface area (Å²) in [6, 6.07) is 3.51. The second-order valence-corrected chi connectivity index (χ2v) is 3.11. The molecule has 0 saturated carbocycles. The van der Waals surface area contributed by atoms with Crippen molar-refractivity contribution in [1.82, 2.24) is 14.8 Å². The first kappa shape index (κ1) is 9.39. The van der Waals surface area contributed by atoms with Crippen molar-refractivity contribution >= 4 is 5.97 Å². The first-order chi connectivity index (χ1) is 7.18.